The molecule has 3 aliphatic rings. The van der Waals surface area contributed by atoms with E-state index in [1.54, 1.807) is 0 Å². The number of hydrogen-bond acceptors (Lipinski definition) is 0. The second-order valence-electron chi connectivity index (χ2n) is 8.24. The van der Waals surface area contributed by atoms with Gasteiger partial charge in [0.2, 0.25) is 0 Å². The van der Waals surface area contributed by atoms with E-state index in [0.717, 1.165) is 23.9 Å². The molecule has 0 spiro atoms. The van der Waals surface area contributed by atoms with E-state index in [1.807, 2.05) is 9.80 Å². The van der Waals surface area contributed by atoms with E-state index in [-0.39, 0.29) is 0 Å². The van der Waals surface area contributed by atoms with Gasteiger partial charge in [0, 0.05) is 19.3 Å². The minimum atomic E-state index is 0.994. The summed E-state index contributed by atoms with van der Waals surface area (Å²) in [6.07, 6.45) is 12.0. The van der Waals surface area contributed by atoms with Crippen LogP contribution in [0, 0.1) is 11.8 Å². The van der Waals surface area contributed by atoms with Crippen molar-refractivity contribution in [2.45, 2.75) is 77.3 Å². The van der Waals surface area contributed by atoms with Gasteiger partial charge in [0.15, 0.2) is 0 Å². The van der Waals surface area contributed by atoms with Crippen molar-refractivity contribution in [1.29, 1.82) is 0 Å². The Kier molecular flexibility index (Phi) is 5.04. The largest absolute Gasteiger partial charge is 0.332 e. The second kappa shape index (κ2) is 6.79. The molecule has 0 aromatic heterocycles. The first-order valence-corrected chi connectivity index (χ1v) is 9.41. The predicted molar refractivity (Wildman–Crippen MR) is 84.2 cm³/mol. The van der Waals surface area contributed by atoms with Crippen molar-refractivity contribution in [3.63, 3.8) is 0 Å². The van der Waals surface area contributed by atoms with E-state index < -0.39 is 0 Å². The van der Waals surface area contributed by atoms with E-state index >= 15 is 0 Å². The lowest BCUT2D eigenvalue weighted by molar-refractivity contribution is -0.971. The summed E-state index contributed by atoms with van der Waals surface area (Å²) in [5, 5.41) is 0. The number of piperidine rings is 2. The lowest BCUT2D eigenvalue weighted by Crippen LogP contribution is -3.22. The number of hydrogen-bond donors (Lipinski definition) is 2. The van der Waals surface area contributed by atoms with Gasteiger partial charge in [-0.15, -0.1) is 0 Å². The number of likely N-dealkylation sites (tertiary alicyclic amines) is 2. The molecule has 0 aromatic carbocycles. The topological polar surface area (TPSA) is 8.88 Å². The third-order valence-corrected chi connectivity index (χ3v) is 6.64. The molecule has 0 aromatic rings. The first kappa shape index (κ1) is 14.8. The summed E-state index contributed by atoms with van der Waals surface area (Å²) >= 11 is 0. The Hall–Kier alpha value is -0.0800. The molecule has 2 aliphatic heterocycles. The summed E-state index contributed by atoms with van der Waals surface area (Å²) in [6, 6.07) is 2.02. The average molecular weight is 280 g/mol. The van der Waals surface area contributed by atoms with Crippen LogP contribution in [-0.2, 0) is 0 Å². The van der Waals surface area contributed by atoms with Gasteiger partial charge in [0.1, 0.15) is 0 Å². The van der Waals surface area contributed by atoms with Gasteiger partial charge in [-0.3, -0.25) is 0 Å². The molecule has 20 heavy (non-hydrogen) atoms. The highest BCUT2D eigenvalue weighted by atomic mass is 15.2. The second-order valence-corrected chi connectivity index (χ2v) is 8.24. The van der Waals surface area contributed by atoms with Crippen molar-refractivity contribution in [3.05, 3.63) is 0 Å². The zero-order valence-corrected chi connectivity index (χ0v) is 13.8. The van der Waals surface area contributed by atoms with Crippen LogP contribution in [0.25, 0.3) is 0 Å². The lowest BCUT2D eigenvalue weighted by atomic mass is 9.85. The van der Waals surface area contributed by atoms with Crippen molar-refractivity contribution in [2.75, 3.05) is 26.2 Å². The Bertz CT molecular complexity index is 288. The lowest BCUT2D eigenvalue weighted by Gasteiger charge is -2.41. The van der Waals surface area contributed by atoms with Gasteiger partial charge in [-0.25, -0.2) is 0 Å². The molecule has 2 heterocycles. The number of nitrogens with one attached hydrogen (secondary N) is 2. The maximum Gasteiger partial charge on any atom is 0.0983 e. The van der Waals surface area contributed by atoms with Crippen LogP contribution in [0.15, 0.2) is 0 Å². The molecule has 2 heteroatoms. The standard InChI is InChI=1S/C18H34N2/c1-15-6-10-19(11-7-15)17-8-12-20(13-9-17)18-5-3-4-16(2)14-18/h15-18H,3-14H2,1-2H3/p+2/t16-,18-/m0/s1. The highest BCUT2D eigenvalue weighted by Crippen LogP contribution is 2.22. The maximum atomic E-state index is 2.47. The van der Waals surface area contributed by atoms with Crippen LogP contribution in [0.3, 0.4) is 0 Å². The van der Waals surface area contributed by atoms with Gasteiger partial charge in [-0.1, -0.05) is 20.3 Å². The predicted octanol–water partition coefficient (Wildman–Crippen LogP) is 0.927. The van der Waals surface area contributed by atoms with E-state index in [2.05, 4.69) is 13.8 Å². The van der Waals surface area contributed by atoms with Crippen LogP contribution < -0.4 is 9.80 Å². The molecule has 1 aliphatic carbocycles. The summed E-state index contributed by atoms with van der Waals surface area (Å²) in [6.45, 7) is 10.8. The van der Waals surface area contributed by atoms with Crippen molar-refractivity contribution in [1.82, 2.24) is 0 Å². The fourth-order valence-corrected chi connectivity index (χ4v) is 5.15. The molecule has 3 rings (SSSR count). The fourth-order valence-electron chi connectivity index (χ4n) is 5.15. The number of rotatable bonds is 2. The zero-order chi connectivity index (χ0) is 13.9. The zero-order valence-electron chi connectivity index (χ0n) is 13.8. The molecular weight excluding hydrogens is 244 g/mol. The first-order valence-electron chi connectivity index (χ1n) is 9.41. The Morgan fingerprint density at radius 1 is 0.600 bits per heavy atom. The molecule has 1 saturated carbocycles. The van der Waals surface area contributed by atoms with Gasteiger partial charge in [-0.2, -0.15) is 0 Å². The van der Waals surface area contributed by atoms with Crippen LogP contribution in [0.1, 0.15) is 65.2 Å². The molecule has 0 bridgehead atoms. The molecular formula is C18H36N2+2. The summed E-state index contributed by atoms with van der Waals surface area (Å²) < 4.78 is 0. The van der Waals surface area contributed by atoms with E-state index in [1.165, 1.54) is 77.5 Å². The quantitative estimate of drug-likeness (QED) is 0.745. The third-order valence-electron chi connectivity index (χ3n) is 6.64. The van der Waals surface area contributed by atoms with Gasteiger partial charge in [0.25, 0.3) is 0 Å². The number of quaternary nitrogens is 2. The minimum absolute atomic E-state index is 0.994. The van der Waals surface area contributed by atoms with Gasteiger partial charge in [-0.05, 0) is 37.5 Å². The van der Waals surface area contributed by atoms with Crippen molar-refractivity contribution < 1.29 is 9.80 Å². The average Bonchev–Trinajstić information content (AvgIpc) is 2.48. The first-order chi connectivity index (χ1) is 9.72. The van der Waals surface area contributed by atoms with Gasteiger partial charge in [0.05, 0.1) is 38.3 Å². The van der Waals surface area contributed by atoms with E-state index in [0.29, 0.717) is 0 Å². The molecule has 0 unspecified atom stereocenters. The van der Waals surface area contributed by atoms with Crippen molar-refractivity contribution in [2.24, 2.45) is 11.8 Å². The molecule has 2 saturated heterocycles. The van der Waals surface area contributed by atoms with Crippen LogP contribution >= 0.6 is 0 Å². The highest BCUT2D eigenvalue weighted by molar-refractivity contribution is 4.72. The van der Waals surface area contributed by atoms with Crippen LogP contribution in [-0.4, -0.2) is 38.3 Å². The summed E-state index contributed by atoms with van der Waals surface area (Å²) in [7, 11) is 0. The van der Waals surface area contributed by atoms with Gasteiger partial charge >= 0.3 is 0 Å². The molecule has 3 fully saturated rings. The fraction of sp³-hybridized carbons (Fsp3) is 1.00. The third kappa shape index (κ3) is 3.57. The normalized spacial score (nSPS) is 47.1. The van der Waals surface area contributed by atoms with Crippen LogP contribution in [0.4, 0.5) is 0 Å². The highest BCUT2D eigenvalue weighted by Gasteiger charge is 2.35. The Balaban J connectivity index is 1.44. The van der Waals surface area contributed by atoms with E-state index in [9.17, 15) is 0 Å². The molecule has 0 radical (unpaired) electrons. The maximum absolute atomic E-state index is 2.47. The van der Waals surface area contributed by atoms with Crippen molar-refractivity contribution >= 4 is 0 Å². The van der Waals surface area contributed by atoms with Gasteiger partial charge < -0.3 is 9.80 Å². The molecule has 2 N–H and O–H groups in total. The molecule has 2 nitrogen and oxygen atoms in total. The summed E-state index contributed by atoms with van der Waals surface area (Å²) in [5.74, 6) is 1.99. The van der Waals surface area contributed by atoms with Crippen molar-refractivity contribution in [3.8, 4) is 0 Å². The van der Waals surface area contributed by atoms with Crippen LogP contribution in [0.2, 0.25) is 0 Å². The van der Waals surface area contributed by atoms with E-state index in [4.69, 9.17) is 0 Å². The molecule has 116 valence electrons. The molecule has 0 amide bonds. The van der Waals surface area contributed by atoms with Crippen LogP contribution in [0.5, 0.6) is 0 Å². The monoisotopic (exact) mass is 280 g/mol. The summed E-state index contributed by atoms with van der Waals surface area (Å²) in [5.41, 5.74) is 0. The Morgan fingerprint density at radius 2 is 1.20 bits per heavy atom. The Morgan fingerprint density at radius 3 is 1.85 bits per heavy atom. The Labute approximate surface area is 125 Å². The minimum Gasteiger partial charge on any atom is -0.332 e. The SMILES string of the molecule is CC1CC[NH+](C2CC[NH+]([C@H]3CCC[C@H](C)C3)CC2)CC1. The molecule has 2 atom stereocenters. The summed E-state index contributed by atoms with van der Waals surface area (Å²) in [4.78, 5) is 3.93. The smallest absolute Gasteiger partial charge is 0.0983 e.